The average molecular weight is 340 g/mol. The SMILES string of the molecule is Cc1nc(CC2CCCN(C(=O)N[C@@H]3C[C@H]3c3ccccc3)C2)no1. The minimum Gasteiger partial charge on any atom is -0.340 e. The van der Waals surface area contributed by atoms with E-state index in [1.165, 1.54) is 5.56 Å². The zero-order valence-corrected chi connectivity index (χ0v) is 14.5. The molecule has 25 heavy (non-hydrogen) atoms. The molecule has 1 aromatic carbocycles. The predicted molar refractivity (Wildman–Crippen MR) is 93.2 cm³/mol. The van der Waals surface area contributed by atoms with Crippen LogP contribution in [0, 0.1) is 12.8 Å². The molecular formula is C19H24N4O2. The normalized spacial score (nSPS) is 25.6. The molecule has 0 radical (unpaired) electrons. The molecule has 2 fully saturated rings. The van der Waals surface area contributed by atoms with Gasteiger partial charge in [0, 0.05) is 38.4 Å². The fourth-order valence-electron chi connectivity index (χ4n) is 3.77. The van der Waals surface area contributed by atoms with Crippen molar-refractivity contribution < 1.29 is 9.32 Å². The van der Waals surface area contributed by atoms with Crippen molar-refractivity contribution in [3.8, 4) is 0 Å². The van der Waals surface area contributed by atoms with E-state index in [-0.39, 0.29) is 12.1 Å². The number of likely N-dealkylation sites (tertiary alicyclic amines) is 1. The second kappa shape index (κ2) is 6.86. The molecule has 1 aromatic heterocycles. The molecule has 1 aliphatic carbocycles. The molecule has 1 aliphatic heterocycles. The van der Waals surface area contributed by atoms with Gasteiger partial charge in [0.2, 0.25) is 5.89 Å². The molecule has 2 aromatic rings. The molecule has 4 rings (SSSR count). The minimum atomic E-state index is 0.0671. The van der Waals surface area contributed by atoms with Crippen LogP contribution in [0.1, 0.15) is 42.5 Å². The van der Waals surface area contributed by atoms with Crippen LogP contribution in [0.3, 0.4) is 0 Å². The van der Waals surface area contributed by atoms with E-state index in [2.05, 4.69) is 39.7 Å². The number of urea groups is 1. The van der Waals surface area contributed by atoms with Gasteiger partial charge >= 0.3 is 6.03 Å². The molecule has 2 aliphatic rings. The van der Waals surface area contributed by atoms with Gasteiger partial charge in [-0.05, 0) is 30.7 Å². The third-order valence-electron chi connectivity index (χ3n) is 5.17. The summed E-state index contributed by atoms with van der Waals surface area (Å²) in [6.07, 6.45) is 3.95. The lowest BCUT2D eigenvalue weighted by Gasteiger charge is -2.32. The number of carbonyl (C=O) groups is 1. The molecule has 0 spiro atoms. The van der Waals surface area contributed by atoms with Crippen LogP contribution in [0.4, 0.5) is 4.79 Å². The Morgan fingerprint density at radius 3 is 2.96 bits per heavy atom. The van der Waals surface area contributed by atoms with Gasteiger partial charge in [-0.25, -0.2) is 4.79 Å². The zero-order chi connectivity index (χ0) is 17.2. The van der Waals surface area contributed by atoms with Crippen molar-refractivity contribution >= 4 is 6.03 Å². The lowest BCUT2D eigenvalue weighted by atomic mass is 9.95. The number of nitrogens with zero attached hydrogens (tertiary/aromatic N) is 3. The summed E-state index contributed by atoms with van der Waals surface area (Å²) in [6.45, 7) is 3.40. The van der Waals surface area contributed by atoms with Gasteiger partial charge in [-0.3, -0.25) is 0 Å². The summed E-state index contributed by atoms with van der Waals surface area (Å²) < 4.78 is 5.04. The summed E-state index contributed by atoms with van der Waals surface area (Å²) >= 11 is 0. The van der Waals surface area contributed by atoms with Gasteiger partial charge in [-0.2, -0.15) is 4.98 Å². The van der Waals surface area contributed by atoms with E-state index in [4.69, 9.17) is 4.52 Å². The molecule has 6 heteroatoms. The van der Waals surface area contributed by atoms with Gasteiger partial charge < -0.3 is 14.7 Å². The van der Waals surface area contributed by atoms with Crippen molar-refractivity contribution in [2.75, 3.05) is 13.1 Å². The smallest absolute Gasteiger partial charge is 0.317 e. The Bertz CT molecular complexity index is 730. The number of aryl methyl sites for hydroxylation is 1. The van der Waals surface area contributed by atoms with E-state index in [9.17, 15) is 4.79 Å². The standard InChI is InChI=1S/C19H24N4O2/c1-13-20-18(22-25-13)10-14-6-5-9-23(12-14)19(24)21-17-11-16(17)15-7-3-2-4-8-15/h2-4,7-8,14,16-17H,5-6,9-12H2,1H3,(H,21,24)/t14?,16-,17+/m0/s1. The highest BCUT2D eigenvalue weighted by Gasteiger charge is 2.40. The molecule has 132 valence electrons. The first-order valence-corrected chi connectivity index (χ1v) is 9.08. The van der Waals surface area contributed by atoms with Crippen LogP contribution in [0.2, 0.25) is 0 Å². The predicted octanol–water partition coefficient (Wildman–Crippen LogP) is 2.90. The molecule has 1 N–H and O–H groups in total. The van der Waals surface area contributed by atoms with Crippen molar-refractivity contribution in [2.45, 2.75) is 44.6 Å². The summed E-state index contributed by atoms with van der Waals surface area (Å²) in [5.41, 5.74) is 1.32. The maximum Gasteiger partial charge on any atom is 0.317 e. The van der Waals surface area contributed by atoms with Gasteiger partial charge in [0.1, 0.15) is 0 Å². The molecule has 0 bridgehead atoms. The quantitative estimate of drug-likeness (QED) is 0.929. The first-order valence-electron chi connectivity index (χ1n) is 9.08. The molecule has 1 saturated carbocycles. The Labute approximate surface area is 147 Å². The summed E-state index contributed by atoms with van der Waals surface area (Å²) in [5, 5.41) is 7.17. The van der Waals surface area contributed by atoms with E-state index in [0.29, 0.717) is 17.7 Å². The number of hydrogen-bond acceptors (Lipinski definition) is 4. The number of carbonyl (C=O) groups excluding carboxylic acids is 1. The van der Waals surface area contributed by atoms with Gasteiger partial charge in [-0.1, -0.05) is 35.5 Å². The number of piperidine rings is 1. The monoisotopic (exact) mass is 340 g/mol. The van der Waals surface area contributed by atoms with E-state index < -0.39 is 0 Å². The maximum atomic E-state index is 12.6. The fraction of sp³-hybridized carbons (Fsp3) is 0.526. The topological polar surface area (TPSA) is 71.3 Å². The van der Waals surface area contributed by atoms with Crippen LogP contribution in [0.25, 0.3) is 0 Å². The highest BCUT2D eigenvalue weighted by molar-refractivity contribution is 5.75. The van der Waals surface area contributed by atoms with Gasteiger partial charge in [0.05, 0.1) is 0 Å². The lowest BCUT2D eigenvalue weighted by Crippen LogP contribution is -2.46. The van der Waals surface area contributed by atoms with Crippen LogP contribution in [-0.4, -0.2) is 40.2 Å². The zero-order valence-electron chi connectivity index (χ0n) is 14.5. The largest absolute Gasteiger partial charge is 0.340 e. The van der Waals surface area contributed by atoms with Crippen LogP contribution in [-0.2, 0) is 6.42 Å². The van der Waals surface area contributed by atoms with E-state index >= 15 is 0 Å². The first-order chi connectivity index (χ1) is 12.2. The lowest BCUT2D eigenvalue weighted by molar-refractivity contribution is 0.164. The second-order valence-electron chi connectivity index (χ2n) is 7.20. The van der Waals surface area contributed by atoms with Crippen LogP contribution >= 0.6 is 0 Å². The Morgan fingerprint density at radius 2 is 2.20 bits per heavy atom. The van der Waals surface area contributed by atoms with Gasteiger partial charge in [0.15, 0.2) is 5.82 Å². The van der Waals surface area contributed by atoms with Crippen molar-refractivity contribution in [3.63, 3.8) is 0 Å². The fourth-order valence-corrected chi connectivity index (χ4v) is 3.77. The number of benzene rings is 1. The van der Waals surface area contributed by atoms with E-state index in [1.807, 2.05) is 11.0 Å². The molecule has 1 saturated heterocycles. The Kier molecular flexibility index (Phi) is 4.42. The van der Waals surface area contributed by atoms with Crippen molar-refractivity contribution in [3.05, 3.63) is 47.6 Å². The highest BCUT2D eigenvalue weighted by Crippen LogP contribution is 2.40. The molecule has 2 amide bonds. The van der Waals surface area contributed by atoms with E-state index in [1.54, 1.807) is 6.92 Å². The maximum absolute atomic E-state index is 12.6. The second-order valence-corrected chi connectivity index (χ2v) is 7.20. The number of hydrogen-bond donors (Lipinski definition) is 1. The van der Waals surface area contributed by atoms with Crippen molar-refractivity contribution in [1.82, 2.24) is 20.4 Å². The molecular weight excluding hydrogens is 316 g/mol. The van der Waals surface area contributed by atoms with Crippen LogP contribution in [0.5, 0.6) is 0 Å². The number of aromatic nitrogens is 2. The number of nitrogens with one attached hydrogen (secondary N) is 1. The number of amides is 2. The Hall–Kier alpha value is -2.37. The molecule has 1 unspecified atom stereocenters. The van der Waals surface area contributed by atoms with Crippen LogP contribution < -0.4 is 5.32 Å². The van der Waals surface area contributed by atoms with E-state index in [0.717, 1.165) is 44.6 Å². The Balaban J connectivity index is 1.29. The summed E-state index contributed by atoms with van der Waals surface area (Å²) in [4.78, 5) is 18.8. The Morgan fingerprint density at radius 1 is 1.36 bits per heavy atom. The number of rotatable bonds is 4. The molecule has 3 atom stereocenters. The van der Waals surface area contributed by atoms with Crippen molar-refractivity contribution in [1.29, 1.82) is 0 Å². The minimum absolute atomic E-state index is 0.0671. The van der Waals surface area contributed by atoms with Gasteiger partial charge in [0.25, 0.3) is 0 Å². The first kappa shape index (κ1) is 16.1. The summed E-state index contributed by atoms with van der Waals surface area (Å²) in [7, 11) is 0. The molecule has 6 nitrogen and oxygen atoms in total. The summed E-state index contributed by atoms with van der Waals surface area (Å²) in [6, 6.07) is 10.8. The molecule has 2 heterocycles. The third kappa shape index (κ3) is 3.83. The highest BCUT2D eigenvalue weighted by atomic mass is 16.5. The van der Waals surface area contributed by atoms with Gasteiger partial charge in [-0.15, -0.1) is 0 Å². The van der Waals surface area contributed by atoms with Crippen molar-refractivity contribution in [2.24, 2.45) is 5.92 Å². The third-order valence-corrected chi connectivity index (χ3v) is 5.17. The average Bonchev–Trinajstić information content (AvgIpc) is 3.28. The van der Waals surface area contributed by atoms with Crippen LogP contribution in [0.15, 0.2) is 34.9 Å². The summed E-state index contributed by atoms with van der Waals surface area (Å²) in [5.74, 6) is 2.21.